The number of carboxylic acid groups (broad SMARTS) is 1. The highest BCUT2D eigenvalue weighted by Crippen LogP contribution is 2.18. The van der Waals surface area contributed by atoms with Crippen LogP contribution in [0.25, 0.3) is 10.9 Å². The van der Waals surface area contributed by atoms with Crippen LogP contribution in [0.4, 0.5) is 4.79 Å². The first-order valence-electron chi connectivity index (χ1n) is 6.03. The van der Waals surface area contributed by atoms with Crippen LogP contribution in [0.2, 0.25) is 0 Å². The summed E-state index contributed by atoms with van der Waals surface area (Å²) in [5.74, 6) is 0. The van der Waals surface area contributed by atoms with Crippen LogP contribution in [0.5, 0.6) is 0 Å². The van der Waals surface area contributed by atoms with Gasteiger partial charge in [-0.05, 0) is 49.8 Å². The maximum Gasteiger partial charge on any atom is 0.405 e. The average Bonchev–Trinajstić information content (AvgIpc) is 2.71. The van der Waals surface area contributed by atoms with Crippen LogP contribution in [0.3, 0.4) is 0 Å². The Balaban J connectivity index is 2.03. The van der Waals surface area contributed by atoms with Gasteiger partial charge in [0.15, 0.2) is 0 Å². The number of rotatable bonds is 4. The summed E-state index contributed by atoms with van der Waals surface area (Å²) in [4.78, 5) is 13.8. The highest BCUT2D eigenvalue weighted by atomic mass is 16.4. The van der Waals surface area contributed by atoms with E-state index in [0.29, 0.717) is 0 Å². The molecule has 2 aromatic rings. The van der Waals surface area contributed by atoms with E-state index >= 15 is 0 Å². The number of fused-ring (bicyclic) bond motifs is 1. The topological polar surface area (TPSA) is 65.1 Å². The fourth-order valence-electron chi connectivity index (χ4n) is 2.06. The Morgan fingerprint density at radius 3 is 2.89 bits per heavy atom. The third kappa shape index (κ3) is 3.03. The van der Waals surface area contributed by atoms with Gasteiger partial charge in [-0.1, -0.05) is 12.1 Å². The number of hydrogen-bond donors (Lipinski definition) is 3. The SMILES string of the molecule is CC(C)(CCc1ccc2cc[nH]c2c1)NC(=O)O. The molecule has 0 unspecified atom stereocenters. The highest BCUT2D eigenvalue weighted by Gasteiger charge is 2.19. The first-order valence-corrected chi connectivity index (χ1v) is 6.03. The highest BCUT2D eigenvalue weighted by molar-refractivity contribution is 5.79. The molecular weight excluding hydrogens is 228 g/mol. The van der Waals surface area contributed by atoms with E-state index in [2.05, 4.69) is 28.5 Å². The molecule has 0 saturated heterocycles. The lowest BCUT2D eigenvalue weighted by Crippen LogP contribution is -2.42. The second-order valence-corrected chi connectivity index (χ2v) is 5.21. The van der Waals surface area contributed by atoms with Gasteiger partial charge in [-0.25, -0.2) is 4.79 Å². The zero-order chi connectivity index (χ0) is 13.2. The van der Waals surface area contributed by atoms with Gasteiger partial charge in [0.1, 0.15) is 0 Å². The van der Waals surface area contributed by atoms with Crippen molar-refractivity contribution in [3.8, 4) is 0 Å². The molecule has 1 aromatic heterocycles. The summed E-state index contributed by atoms with van der Waals surface area (Å²) in [6.45, 7) is 3.79. The zero-order valence-electron chi connectivity index (χ0n) is 10.7. The Labute approximate surface area is 106 Å². The molecular formula is C14H18N2O2. The first kappa shape index (κ1) is 12.5. The van der Waals surface area contributed by atoms with E-state index in [1.165, 1.54) is 10.9 Å². The van der Waals surface area contributed by atoms with Crippen LogP contribution in [0.15, 0.2) is 30.5 Å². The van der Waals surface area contributed by atoms with Crippen LogP contribution >= 0.6 is 0 Å². The van der Waals surface area contributed by atoms with Gasteiger partial charge in [-0.3, -0.25) is 0 Å². The van der Waals surface area contributed by atoms with Gasteiger partial charge in [-0.2, -0.15) is 0 Å². The van der Waals surface area contributed by atoms with Crippen molar-refractivity contribution in [2.45, 2.75) is 32.2 Å². The van der Waals surface area contributed by atoms with Crippen molar-refractivity contribution in [3.05, 3.63) is 36.0 Å². The van der Waals surface area contributed by atoms with Crippen LogP contribution in [-0.4, -0.2) is 21.7 Å². The summed E-state index contributed by atoms with van der Waals surface area (Å²) < 4.78 is 0. The van der Waals surface area contributed by atoms with Crippen LogP contribution in [0, 0.1) is 0 Å². The molecule has 0 spiro atoms. The van der Waals surface area contributed by atoms with Gasteiger partial charge in [0.2, 0.25) is 0 Å². The van der Waals surface area contributed by atoms with Crippen molar-refractivity contribution in [2.75, 3.05) is 0 Å². The van der Waals surface area contributed by atoms with Gasteiger partial charge >= 0.3 is 6.09 Å². The summed E-state index contributed by atoms with van der Waals surface area (Å²) in [6, 6.07) is 8.33. The lowest BCUT2D eigenvalue weighted by atomic mass is 9.95. The van der Waals surface area contributed by atoms with Crippen molar-refractivity contribution in [3.63, 3.8) is 0 Å². The molecule has 0 bridgehead atoms. The summed E-state index contributed by atoms with van der Waals surface area (Å²) in [5.41, 5.74) is 1.93. The number of carbonyl (C=O) groups is 1. The Kier molecular flexibility index (Phi) is 3.28. The number of aromatic nitrogens is 1. The van der Waals surface area contributed by atoms with Crippen LogP contribution < -0.4 is 5.32 Å². The van der Waals surface area contributed by atoms with Crippen molar-refractivity contribution in [1.29, 1.82) is 0 Å². The number of hydrogen-bond acceptors (Lipinski definition) is 1. The van der Waals surface area contributed by atoms with Crippen molar-refractivity contribution < 1.29 is 9.90 Å². The molecule has 18 heavy (non-hydrogen) atoms. The second kappa shape index (κ2) is 4.72. The normalized spacial score (nSPS) is 11.7. The molecule has 4 heteroatoms. The second-order valence-electron chi connectivity index (χ2n) is 5.21. The molecule has 2 rings (SSSR count). The summed E-state index contributed by atoms with van der Waals surface area (Å²) in [5, 5.41) is 12.5. The number of H-pyrrole nitrogens is 1. The Morgan fingerprint density at radius 1 is 1.39 bits per heavy atom. The Bertz CT molecular complexity index is 558. The van der Waals surface area contributed by atoms with Crippen molar-refractivity contribution in [1.82, 2.24) is 10.3 Å². The smallest absolute Gasteiger partial charge is 0.405 e. The molecule has 1 heterocycles. The zero-order valence-corrected chi connectivity index (χ0v) is 10.7. The molecule has 0 atom stereocenters. The van der Waals surface area contributed by atoms with E-state index in [0.717, 1.165) is 18.4 Å². The fourth-order valence-corrected chi connectivity index (χ4v) is 2.06. The molecule has 96 valence electrons. The third-order valence-corrected chi connectivity index (χ3v) is 3.10. The number of aromatic amines is 1. The number of benzene rings is 1. The molecule has 1 amide bonds. The van der Waals surface area contributed by atoms with Gasteiger partial charge in [0.25, 0.3) is 0 Å². The lowest BCUT2D eigenvalue weighted by molar-refractivity contribution is 0.180. The largest absolute Gasteiger partial charge is 0.465 e. The van der Waals surface area contributed by atoms with Gasteiger partial charge < -0.3 is 15.4 Å². The Morgan fingerprint density at radius 2 is 2.17 bits per heavy atom. The Hall–Kier alpha value is -1.97. The maximum atomic E-state index is 10.7. The van der Waals surface area contributed by atoms with Gasteiger partial charge in [0, 0.05) is 17.3 Å². The van der Waals surface area contributed by atoms with E-state index in [1.807, 2.05) is 26.1 Å². The van der Waals surface area contributed by atoms with E-state index in [-0.39, 0.29) is 0 Å². The predicted molar refractivity (Wildman–Crippen MR) is 71.9 cm³/mol. The minimum absolute atomic E-state index is 0.406. The van der Waals surface area contributed by atoms with Crippen molar-refractivity contribution >= 4 is 17.0 Å². The van der Waals surface area contributed by atoms with E-state index in [1.54, 1.807) is 0 Å². The molecule has 0 aliphatic carbocycles. The van der Waals surface area contributed by atoms with Crippen LogP contribution in [0.1, 0.15) is 25.8 Å². The van der Waals surface area contributed by atoms with E-state index in [4.69, 9.17) is 5.11 Å². The molecule has 1 aromatic carbocycles. The van der Waals surface area contributed by atoms with E-state index in [9.17, 15) is 4.79 Å². The molecule has 0 fully saturated rings. The summed E-state index contributed by atoms with van der Waals surface area (Å²) in [6.07, 6.45) is 2.57. The van der Waals surface area contributed by atoms with Crippen molar-refractivity contribution in [2.24, 2.45) is 0 Å². The predicted octanol–water partition coefficient (Wildman–Crippen LogP) is 3.15. The van der Waals surface area contributed by atoms with Crippen LogP contribution in [-0.2, 0) is 6.42 Å². The molecule has 0 aliphatic rings. The minimum atomic E-state index is -0.972. The van der Waals surface area contributed by atoms with Gasteiger partial charge in [0.05, 0.1) is 0 Å². The summed E-state index contributed by atoms with van der Waals surface area (Å²) in [7, 11) is 0. The quantitative estimate of drug-likeness (QED) is 0.775. The fraction of sp³-hybridized carbons (Fsp3) is 0.357. The number of aryl methyl sites for hydroxylation is 1. The molecule has 0 saturated carbocycles. The molecule has 4 nitrogen and oxygen atoms in total. The minimum Gasteiger partial charge on any atom is -0.465 e. The first-order chi connectivity index (χ1) is 8.46. The maximum absolute atomic E-state index is 10.7. The molecule has 0 radical (unpaired) electrons. The lowest BCUT2D eigenvalue weighted by Gasteiger charge is -2.24. The van der Waals surface area contributed by atoms with E-state index < -0.39 is 11.6 Å². The number of nitrogens with one attached hydrogen (secondary N) is 2. The average molecular weight is 246 g/mol. The monoisotopic (exact) mass is 246 g/mol. The standard InChI is InChI=1S/C14H18N2O2/c1-14(2,16-13(17)18)7-5-10-3-4-11-6-8-15-12(11)9-10/h3-4,6,8-9,15-16H,5,7H2,1-2H3,(H,17,18). The summed E-state index contributed by atoms with van der Waals surface area (Å²) >= 11 is 0. The third-order valence-electron chi connectivity index (χ3n) is 3.10. The van der Waals surface area contributed by atoms with Gasteiger partial charge in [-0.15, -0.1) is 0 Å². The molecule has 0 aliphatic heterocycles. The molecule has 3 N–H and O–H groups in total. The number of amides is 1.